The molecule has 0 saturated heterocycles. The summed E-state index contributed by atoms with van der Waals surface area (Å²) in [5, 5.41) is 3.24. The first kappa shape index (κ1) is 10.4. The van der Waals surface area contributed by atoms with E-state index in [1.165, 1.54) is 16.2 Å². The summed E-state index contributed by atoms with van der Waals surface area (Å²) in [5.74, 6) is 0. The van der Waals surface area contributed by atoms with Gasteiger partial charge in [-0.05, 0) is 47.2 Å². The number of nitrogens with one attached hydrogen (secondary N) is 1. The summed E-state index contributed by atoms with van der Waals surface area (Å²) < 4.78 is 3.44. The van der Waals surface area contributed by atoms with Crippen LogP contribution in [0, 0.1) is 4.77 Å². The summed E-state index contributed by atoms with van der Waals surface area (Å²) >= 11 is 6.84. The minimum atomic E-state index is -0.178. The van der Waals surface area contributed by atoms with Gasteiger partial charge < -0.3 is 0 Å². The molecule has 17 heavy (non-hydrogen) atoms. The Morgan fingerprint density at radius 3 is 2.94 bits per heavy atom. The second kappa shape index (κ2) is 3.94. The van der Waals surface area contributed by atoms with Crippen LogP contribution < -0.4 is 5.56 Å². The normalized spacial score (nSPS) is 10.8. The van der Waals surface area contributed by atoms with E-state index < -0.39 is 0 Å². The van der Waals surface area contributed by atoms with Crippen LogP contribution in [0.3, 0.4) is 0 Å². The first-order valence-electron chi connectivity index (χ1n) is 5.04. The standard InChI is InChI=1S/C12H8N2OS2/c15-11-3-5-14(12(16)13-11)9-1-2-10-8(7-9)4-6-17-10/h1-7H,(H,13,15,16). The molecule has 5 heteroatoms. The van der Waals surface area contributed by atoms with Gasteiger partial charge in [0.15, 0.2) is 4.77 Å². The van der Waals surface area contributed by atoms with Crippen molar-refractivity contribution in [2.75, 3.05) is 0 Å². The maximum atomic E-state index is 11.1. The van der Waals surface area contributed by atoms with E-state index in [-0.39, 0.29) is 5.56 Å². The lowest BCUT2D eigenvalue weighted by molar-refractivity contribution is 0.939. The fourth-order valence-corrected chi connectivity index (χ4v) is 2.76. The Bertz CT molecular complexity index is 798. The van der Waals surface area contributed by atoms with Gasteiger partial charge in [-0.2, -0.15) is 0 Å². The summed E-state index contributed by atoms with van der Waals surface area (Å²) in [6.45, 7) is 0. The average molecular weight is 260 g/mol. The second-order valence-corrected chi connectivity index (χ2v) is 4.96. The van der Waals surface area contributed by atoms with E-state index in [1.807, 2.05) is 6.07 Å². The maximum Gasteiger partial charge on any atom is 0.251 e. The van der Waals surface area contributed by atoms with Crippen LogP contribution in [0.1, 0.15) is 0 Å². The molecular weight excluding hydrogens is 252 g/mol. The van der Waals surface area contributed by atoms with E-state index in [4.69, 9.17) is 12.2 Å². The Balaban J connectivity index is 2.26. The molecule has 3 aromatic rings. The minimum Gasteiger partial charge on any atom is -0.299 e. The Morgan fingerprint density at radius 1 is 1.24 bits per heavy atom. The predicted molar refractivity (Wildman–Crippen MR) is 72.6 cm³/mol. The van der Waals surface area contributed by atoms with Gasteiger partial charge in [-0.25, -0.2) is 0 Å². The van der Waals surface area contributed by atoms with Crippen LogP contribution >= 0.6 is 23.6 Å². The van der Waals surface area contributed by atoms with Crippen molar-refractivity contribution >= 4 is 33.6 Å². The van der Waals surface area contributed by atoms with Gasteiger partial charge in [-0.1, -0.05) is 0 Å². The first-order valence-corrected chi connectivity index (χ1v) is 6.32. The van der Waals surface area contributed by atoms with Gasteiger partial charge in [0.25, 0.3) is 5.56 Å². The number of rotatable bonds is 1. The van der Waals surface area contributed by atoms with Crippen molar-refractivity contribution in [1.82, 2.24) is 9.55 Å². The Morgan fingerprint density at radius 2 is 2.12 bits per heavy atom. The molecule has 2 heterocycles. The van der Waals surface area contributed by atoms with Crippen LogP contribution in [0.15, 0.2) is 46.7 Å². The van der Waals surface area contributed by atoms with Crippen molar-refractivity contribution < 1.29 is 0 Å². The molecule has 0 atom stereocenters. The van der Waals surface area contributed by atoms with Crippen molar-refractivity contribution in [1.29, 1.82) is 0 Å². The maximum absolute atomic E-state index is 11.1. The lowest BCUT2D eigenvalue weighted by Gasteiger charge is -2.05. The molecule has 0 radical (unpaired) electrons. The van der Waals surface area contributed by atoms with Crippen molar-refractivity contribution in [3.63, 3.8) is 0 Å². The van der Waals surface area contributed by atoms with Gasteiger partial charge in [0, 0.05) is 22.7 Å². The monoisotopic (exact) mass is 260 g/mol. The van der Waals surface area contributed by atoms with E-state index in [9.17, 15) is 4.79 Å². The number of hydrogen-bond acceptors (Lipinski definition) is 3. The van der Waals surface area contributed by atoms with Crippen LogP contribution in [0.25, 0.3) is 15.8 Å². The van der Waals surface area contributed by atoms with Gasteiger partial charge in [-0.15, -0.1) is 11.3 Å². The Kier molecular flexibility index (Phi) is 2.42. The molecule has 0 bridgehead atoms. The molecule has 84 valence electrons. The number of nitrogens with zero attached hydrogens (tertiary/aromatic N) is 1. The van der Waals surface area contributed by atoms with E-state index >= 15 is 0 Å². The van der Waals surface area contributed by atoms with Gasteiger partial charge >= 0.3 is 0 Å². The molecule has 0 aliphatic carbocycles. The van der Waals surface area contributed by atoms with Crippen molar-refractivity contribution in [2.24, 2.45) is 0 Å². The second-order valence-electron chi connectivity index (χ2n) is 3.62. The molecule has 3 nitrogen and oxygen atoms in total. The molecule has 0 spiro atoms. The first-order chi connectivity index (χ1) is 8.24. The third-order valence-electron chi connectivity index (χ3n) is 2.54. The van der Waals surface area contributed by atoms with Crippen LogP contribution in [-0.2, 0) is 0 Å². The fourth-order valence-electron chi connectivity index (χ4n) is 1.72. The largest absolute Gasteiger partial charge is 0.299 e. The summed E-state index contributed by atoms with van der Waals surface area (Å²) in [6.07, 6.45) is 1.69. The summed E-state index contributed by atoms with van der Waals surface area (Å²) in [4.78, 5) is 13.7. The third-order valence-corrected chi connectivity index (χ3v) is 3.73. The average Bonchev–Trinajstić information content (AvgIpc) is 2.75. The molecule has 0 fully saturated rings. The molecule has 0 saturated carbocycles. The molecular formula is C12H8N2OS2. The highest BCUT2D eigenvalue weighted by atomic mass is 32.1. The molecule has 0 unspecified atom stereocenters. The van der Waals surface area contributed by atoms with E-state index in [1.54, 1.807) is 22.1 Å². The summed E-state index contributed by atoms with van der Waals surface area (Å²) in [6, 6.07) is 9.64. The topological polar surface area (TPSA) is 37.8 Å². The zero-order valence-corrected chi connectivity index (χ0v) is 10.3. The molecule has 0 aliphatic heterocycles. The highest BCUT2D eigenvalue weighted by Gasteiger charge is 2.00. The van der Waals surface area contributed by atoms with Crippen LogP contribution in [0.5, 0.6) is 0 Å². The molecule has 1 N–H and O–H groups in total. The van der Waals surface area contributed by atoms with Gasteiger partial charge in [0.05, 0.1) is 0 Å². The quantitative estimate of drug-likeness (QED) is 0.683. The van der Waals surface area contributed by atoms with Crippen LogP contribution in [0.4, 0.5) is 0 Å². The smallest absolute Gasteiger partial charge is 0.251 e. The SMILES string of the molecule is O=c1ccn(-c2ccc3sccc3c2)c(=S)[nH]1. The molecule has 3 rings (SSSR count). The Hall–Kier alpha value is -1.72. The number of hydrogen-bond donors (Lipinski definition) is 1. The number of aromatic amines is 1. The van der Waals surface area contributed by atoms with Crippen molar-refractivity contribution in [2.45, 2.75) is 0 Å². The third kappa shape index (κ3) is 1.83. The lowest BCUT2D eigenvalue weighted by atomic mass is 10.2. The number of fused-ring (bicyclic) bond motifs is 1. The molecule has 1 aromatic carbocycles. The molecule has 0 aliphatic rings. The van der Waals surface area contributed by atoms with Crippen LogP contribution in [0.2, 0.25) is 0 Å². The zero-order valence-electron chi connectivity index (χ0n) is 8.71. The van der Waals surface area contributed by atoms with E-state index in [0.29, 0.717) is 4.77 Å². The van der Waals surface area contributed by atoms with Crippen LogP contribution in [-0.4, -0.2) is 9.55 Å². The minimum absolute atomic E-state index is 0.178. The summed E-state index contributed by atoms with van der Waals surface area (Å²) in [7, 11) is 0. The summed E-state index contributed by atoms with van der Waals surface area (Å²) in [5.41, 5.74) is 0.778. The van der Waals surface area contributed by atoms with E-state index in [2.05, 4.69) is 28.6 Å². The Labute approximate surface area is 106 Å². The van der Waals surface area contributed by atoms with Gasteiger partial charge in [-0.3, -0.25) is 14.3 Å². The lowest BCUT2D eigenvalue weighted by Crippen LogP contribution is -2.09. The van der Waals surface area contributed by atoms with Crippen molar-refractivity contribution in [3.8, 4) is 5.69 Å². The number of thiophene rings is 1. The highest BCUT2D eigenvalue weighted by molar-refractivity contribution is 7.71. The zero-order chi connectivity index (χ0) is 11.8. The van der Waals surface area contributed by atoms with Gasteiger partial charge in [0.2, 0.25) is 0 Å². The van der Waals surface area contributed by atoms with E-state index in [0.717, 1.165) is 5.69 Å². The molecule has 0 amide bonds. The number of benzene rings is 1. The van der Waals surface area contributed by atoms with Gasteiger partial charge in [0.1, 0.15) is 0 Å². The number of aromatic nitrogens is 2. The molecule has 2 aromatic heterocycles. The highest BCUT2D eigenvalue weighted by Crippen LogP contribution is 2.23. The number of H-pyrrole nitrogens is 1. The van der Waals surface area contributed by atoms with Crippen molar-refractivity contribution in [3.05, 3.63) is 57.0 Å². The predicted octanol–water partition coefficient (Wildman–Crippen LogP) is 3.11. The fraction of sp³-hybridized carbons (Fsp3) is 0.